The number of alkyl halides is 1. The molecule has 4 rings (SSSR count). The second-order valence-electron chi connectivity index (χ2n) is 10.2. The molecule has 32 heavy (non-hydrogen) atoms. The zero-order valence-electron chi connectivity index (χ0n) is 19.9. The molecule has 0 amide bonds. The van der Waals surface area contributed by atoms with Gasteiger partial charge in [0.25, 0.3) is 0 Å². The van der Waals surface area contributed by atoms with Crippen LogP contribution in [0.4, 0.5) is 4.39 Å². The van der Waals surface area contributed by atoms with E-state index in [-0.39, 0.29) is 6.67 Å². The van der Waals surface area contributed by atoms with E-state index >= 15 is 0 Å². The highest BCUT2D eigenvalue weighted by Gasteiger charge is 2.23. The Morgan fingerprint density at radius 3 is 1.59 bits per heavy atom. The van der Waals surface area contributed by atoms with Crippen molar-refractivity contribution in [1.82, 2.24) is 0 Å². The Morgan fingerprint density at radius 1 is 0.688 bits per heavy atom. The van der Waals surface area contributed by atoms with Crippen molar-refractivity contribution in [2.45, 2.75) is 83.0 Å². The third kappa shape index (κ3) is 6.22. The molecule has 0 aromatic heterocycles. The first-order valence-electron chi connectivity index (χ1n) is 13.1. The van der Waals surface area contributed by atoms with Crippen molar-refractivity contribution < 1.29 is 9.13 Å². The number of halogens is 1. The van der Waals surface area contributed by atoms with E-state index in [9.17, 15) is 4.39 Å². The van der Waals surface area contributed by atoms with Gasteiger partial charge in [-0.05, 0) is 110 Å². The zero-order valence-corrected chi connectivity index (χ0v) is 19.9. The van der Waals surface area contributed by atoms with Gasteiger partial charge in [-0.3, -0.25) is 4.39 Å². The third-order valence-electron chi connectivity index (χ3n) is 8.01. The van der Waals surface area contributed by atoms with Gasteiger partial charge < -0.3 is 4.74 Å². The van der Waals surface area contributed by atoms with Crippen LogP contribution in [0, 0.1) is 11.8 Å². The Balaban J connectivity index is 1.29. The summed E-state index contributed by atoms with van der Waals surface area (Å²) in [5.74, 6) is 2.74. The summed E-state index contributed by atoms with van der Waals surface area (Å²) in [7, 11) is 0. The van der Waals surface area contributed by atoms with Gasteiger partial charge in [0.2, 0.25) is 0 Å². The topological polar surface area (TPSA) is 9.23 Å². The molecule has 2 aromatic carbocycles. The summed E-state index contributed by atoms with van der Waals surface area (Å²) < 4.78 is 18.4. The van der Waals surface area contributed by atoms with Gasteiger partial charge in [0, 0.05) is 13.2 Å². The number of hydrogen-bond donors (Lipinski definition) is 0. The number of benzene rings is 2. The average Bonchev–Trinajstić information content (AvgIpc) is 2.86. The van der Waals surface area contributed by atoms with Crippen molar-refractivity contribution in [1.29, 1.82) is 0 Å². The normalized spacial score (nSPS) is 26.2. The van der Waals surface area contributed by atoms with E-state index in [0.29, 0.717) is 17.8 Å². The summed E-state index contributed by atoms with van der Waals surface area (Å²) in [5, 5.41) is 0. The van der Waals surface area contributed by atoms with Gasteiger partial charge in [-0.1, -0.05) is 55.5 Å². The summed E-state index contributed by atoms with van der Waals surface area (Å²) in [6.45, 7) is 3.88. The molecule has 0 N–H and O–H groups in total. The lowest BCUT2D eigenvalue weighted by atomic mass is 9.77. The van der Waals surface area contributed by atoms with Crippen molar-refractivity contribution >= 4 is 0 Å². The molecule has 0 radical (unpaired) electrons. The lowest BCUT2D eigenvalue weighted by Gasteiger charge is -2.29. The van der Waals surface area contributed by atoms with Crippen molar-refractivity contribution in [3.8, 4) is 11.1 Å². The van der Waals surface area contributed by atoms with Crippen LogP contribution in [0.25, 0.3) is 11.1 Å². The maximum Gasteiger partial charge on any atom is 0.0897 e. The van der Waals surface area contributed by atoms with Gasteiger partial charge >= 0.3 is 0 Å². The SMILES string of the molecule is CCCOC[C@H]1CC[C@H](c2ccc(-c3ccc([C@H]4CC[C@H](CCF)CC4)cc3)cc2)CC1. The summed E-state index contributed by atoms with van der Waals surface area (Å²) in [5.41, 5.74) is 5.59. The van der Waals surface area contributed by atoms with Crippen LogP contribution in [0.5, 0.6) is 0 Å². The highest BCUT2D eigenvalue weighted by Crippen LogP contribution is 2.39. The van der Waals surface area contributed by atoms with Crippen LogP contribution >= 0.6 is 0 Å². The van der Waals surface area contributed by atoms with Gasteiger partial charge in [-0.25, -0.2) is 0 Å². The first-order valence-corrected chi connectivity index (χ1v) is 13.1. The van der Waals surface area contributed by atoms with E-state index < -0.39 is 0 Å². The van der Waals surface area contributed by atoms with E-state index in [1.165, 1.54) is 73.6 Å². The molecule has 2 aliphatic rings. The van der Waals surface area contributed by atoms with E-state index in [1.807, 2.05) is 0 Å². The third-order valence-corrected chi connectivity index (χ3v) is 8.01. The molecule has 1 nitrogen and oxygen atoms in total. The first kappa shape index (κ1) is 23.5. The highest BCUT2D eigenvalue weighted by molar-refractivity contribution is 5.64. The quantitative estimate of drug-likeness (QED) is 0.357. The monoisotopic (exact) mass is 436 g/mol. The molecule has 0 spiro atoms. The van der Waals surface area contributed by atoms with Crippen molar-refractivity contribution in [2.24, 2.45) is 11.8 Å². The molecule has 2 saturated carbocycles. The molecule has 2 aromatic rings. The molecule has 0 heterocycles. The van der Waals surface area contributed by atoms with Crippen LogP contribution in [0.1, 0.15) is 94.1 Å². The Labute approximate surface area is 194 Å². The average molecular weight is 437 g/mol. The van der Waals surface area contributed by atoms with Gasteiger partial charge in [0.15, 0.2) is 0 Å². The lowest BCUT2D eigenvalue weighted by Crippen LogP contribution is -2.18. The minimum atomic E-state index is -0.155. The minimum Gasteiger partial charge on any atom is -0.381 e. The largest absolute Gasteiger partial charge is 0.381 e. The molecule has 0 unspecified atom stereocenters. The number of ether oxygens (including phenoxy) is 1. The minimum absolute atomic E-state index is 0.155. The fourth-order valence-corrected chi connectivity index (χ4v) is 5.89. The second kappa shape index (κ2) is 12.0. The van der Waals surface area contributed by atoms with Crippen LogP contribution in [0.15, 0.2) is 48.5 Å². The molecule has 0 bridgehead atoms. The van der Waals surface area contributed by atoms with E-state index in [4.69, 9.17) is 4.74 Å². The molecular formula is C30H41FO. The zero-order chi connectivity index (χ0) is 22.2. The van der Waals surface area contributed by atoms with Gasteiger partial charge in [-0.2, -0.15) is 0 Å². The Morgan fingerprint density at radius 2 is 1.16 bits per heavy atom. The molecule has 0 atom stereocenters. The van der Waals surface area contributed by atoms with Crippen LogP contribution in [0.3, 0.4) is 0 Å². The van der Waals surface area contributed by atoms with Gasteiger partial charge in [-0.15, -0.1) is 0 Å². The van der Waals surface area contributed by atoms with Crippen LogP contribution in [-0.2, 0) is 4.74 Å². The van der Waals surface area contributed by atoms with Gasteiger partial charge in [0.1, 0.15) is 0 Å². The summed E-state index contributed by atoms with van der Waals surface area (Å²) >= 11 is 0. The number of rotatable bonds is 9. The van der Waals surface area contributed by atoms with Crippen molar-refractivity contribution in [2.75, 3.05) is 19.9 Å². The molecule has 2 aliphatic carbocycles. The fourth-order valence-electron chi connectivity index (χ4n) is 5.89. The molecule has 174 valence electrons. The van der Waals surface area contributed by atoms with Crippen LogP contribution in [-0.4, -0.2) is 19.9 Å². The molecular weight excluding hydrogens is 395 g/mol. The van der Waals surface area contributed by atoms with Crippen LogP contribution in [0.2, 0.25) is 0 Å². The Hall–Kier alpha value is -1.67. The molecule has 2 heteroatoms. The lowest BCUT2D eigenvalue weighted by molar-refractivity contribution is 0.0832. The molecule has 0 aliphatic heterocycles. The van der Waals surface area contributed by atoms with Crippen LogP contribution < -0.4 is 0 Å². The summed E-state index contributed by atoms with van der Waals surface area (Å²) in [6, 6.07) is 18.6. The maximum absolute atomic E-state index is 12.6. The predicted molar refractivity (Wildman–Crippen MR) is 133 cm³/mol. The Bertz CT molecular complexity index is 781. The highest BCUT2D eigenvalue weighted by atomic mass is 19.1. The number of hydrogen-bond acceptors (Lipinski definition) is 1. The first-order chi connectivity index (χ1) is 15.8. The van der Waals surface area contributed by atoms with Crippen molar-refractivity contribution in [3.63, 3.8) is 0 Å². The summed E-state index contributed by atoms with van der Waals surface area (Å²) in [4.78, 5) is 0. The fraction of sp³-hybridized carbons (Fsp3) is 0.600. The smallest absolute Gasteiger partial charge is 0.0897 e. The molecule has 2 fully saturated rings. The van der Waals surface area contributed by atoms with Gasteiger partial charge in [0.05, 0.1) is 6.67 Å². The summed E-state index contributed by atoms with van der Waals surface area (Å²) in [6.07, 6.45) is 11.9. The second-order valence-corrected chi connectivity index (χ2v) is 10.2. The van der Waals surface area contributed by atoms with E-state index in [1.54, 1.807) is 0 Å². The van der Waals surface area contributed by atoms with Crippen molar-refractivity contribution in [3.05, 3.63) is 59.7 Å². The predicted octanol–water partition coefficient (Wildman–Crippen LogP) is 8.69. The maximum atomic E-state index is 12.6. The Kier molecular flexibility index (Phi) is 8.79. The standard InChI is InChI=1S/C30H41FO/c1-2-21-32-22-24-5-9-26(10-6-24)28-13-17-30(18-14-28)29-15-11-27(12-16-29)25-7-3-23(4-8-25)19-20-31/h11-18,23-26H,2-10,19-22H2,1H3/t23-,24-,25-,26-. The van der Waals surface area contributed by atoms with E-state index in [2.05, 4.69) is 55.5 Å². The van der Waals surface area contributed by atoms with E-state index in [0.717, 1.165) is 32.0 Å². The molecule has 0 saturated heterocycles.